The van der Waals surface area contributed by atoms with Crippen LogP contribution in [0.1, 0.15) is 5.69 Å². The molecule has 0 bridgehead atoms. The van der Waals surface area contributed by atoms with Gasteiger partial charge < -0.3 is 10.6 Å². The maximum Gasteiger partial charge on any atom is 0.169 e. The molecule has 1 aromatic heterocycles. The van der Waals surface area contributed by atoms with Gasteiger partial charge in [-0.15, -0.1) is 0 Å². The van der Waals surface area contributed by atoms with Crippen LogP contribution in [0.2, 0.25) is 0 Å². The summed E-state index contributed by atoms with van der Waals surface area (Å²) in [7, 11) is -3.12. The lowest BCUT2D eigenvalue weighted by atomic mass is 10.3. The van der Waals surface area contributed by atoms with Crippen LogP contribution in [0.3, 0.4) is 0 Å². The van der Waals surface area contributed by atoms with Crippen LogP contribution in [0, 0.1) is 0 Å². The molecule has 2 N–H and O–H groups in total. The Balaban J connectivity index is 2.30. The first-order chi connectivity index (χ1) is 8.89. The molecule has 2 rings (SSSR count). The normalized spacial score (nSPS) is 20.3. The number of aromatic nitrogens is 1. The largest absolute Gasteiger partial charge is 0.388 e. The molecular formula is C11H15N3O2S3. The van der Waals surface area contributed by atoms with E-state index in [0.29, 0.717) is 18.0 Å². The minimum atomic E-state index is -3.12. The van der Waals surface area contributed by atoms with E-state index in [9.17, 15) is 8.42 Å². The van der Waals surface area contributed by atoms with E-state index < -0.39 is 15.2 Å². The first-order valence-electron chi connectivity index (χ1n) is 5.68. The second-order valence-electron chi connectivity index (χ2n) is 4.32. The monoisotopic (exact) mass is 317 g/mol. The van der Waals surface area contributed by atoms with Gasteiger partial charge in [-0.25, -0.2) is 8.42 Å². The molecule has 1 atom stereocenters. The van der Waals surface area contributed by atoms with Gasteiger partial charge in [0.15, 0.2) is 9.84 Å². The van der Waals surface area contributed by atoms with E-state index in [1.54, 1.807) is 24.0 Å². The van der Waals surface area contributed by atoms with Crippen LogP contribution in [0.25, 0.3) is 0 Å². The Morgan fingerprint density at radius 3 is 2.84 bits per heavy atom. The van der Waals surface area contributed by atoms with Crippen molar-refractivity contribution in [3.8, 4) is 0 Å². The molecule has 0 saturated carbocycles. The summed E-state index contributed by atoms with van der Waals surface area (Å²) >= 11 is 6.50. The fourth-order valence-corrected chi connectivity index (χ4v) is 4.89. The second-order valence-corrected chi connectivity index (χ2v) is 8.11. The third-order valence-corrected chi connectivity index (χ3v) is 5.76. The lowest BCUT2D eigenvalue weighted by molar-refractivity contribution is 0.584. The van der Waals surface area contributed by atoms with E-state index in [1.165, 1.54) is 6.26 Å². The number of thiocarbonyl (C=S) groups is 1. The Morgan fingerprint density at radius 2 is 2.32 bits per heavy atom. The van der Waals surface area contributed by atoms with Crippen molar-refractivity contribution in [2.45, 2.75) is 5.37 Å². The molecule has 104 valence electrons. The number of nitrogens with zero attached hydrogens (tertiary/aromatic N) is 2. The number of sulfone groups is 1. The highest BCUT2D eigenvalue weighted by Gasteiger charge is 2.31. The highest BCUT2D eigenvalue weighted by molar-refractivity contribution is 8.01. The van der Waals surface area contributed by atoms with E-state index >= 15 is 0 Å². The minimum absolute atomic E-state index is 0.236. The van der Waals surface area contributed by atoms with Crippen LogP contribution in [0.5, 0.6) is 0 Å². The fourth-order valence-electron chi connectivity index (χ4n) is 1.93. The summed E-state index contributed by atoms with van der Waals surface area (Å²) in [6, 6.07) is 3.54. The molecule has 8 heteroatoms. The summed E-state index contributed by atoms with van der Waals surface area (Å²) < 4.78 is 23.7. The summed E-state index contributed by atoms with van der Waals surface area (Å²) in [5.74, 6) is 1.49. The molecule has 1 unspecified atom stereocenters. The number of pyridine rings is 1. The maximum atomic E-state index is 11.8. The van der Waals surface area contributed by atoms with Crippen LogP contribution in [-0.4, -0.2) is 48.1 Å². The third-order valence-electron chi connectivity index (χ3n) is 2.91. The van der Waals surface area contributed by atoms with Crippen LogP contribution >= 0.6 is 24.0 Å². The molecule has 1 aliphatic heterocycles. The molecule has 1 aliphatic rings. The number of anilines is 1. The zero-order valence-corrected chi connectivity index (χ0v) is 12.9. The Hall–Kier alpha value is -0.860. The molecule has 2 heterocycles. The van der Waals surface area contributed by atoms with Crippen LogP contribution in [-0.2, 0) is 9.84 Å². The zero-order chi connectivity index (χ0) is 14.0. The van der Waals surface area contributed by atoms with Gasteiger partial charge in [0.1, 0.15) is 10.4 Å². The molecule has 1 fully saturated rings. The number of thioether (sulfide) groups is 1. The lowest BCUT2D eigenvalue weighted by Gasteiger charge is -2.35. The van der Waals surface area contributed by atoms with Gasteiger partial charge in [-0.3, -0.25) is 4.98 Å². The molecule has 0 radical (unpaired) electrons. The standard InChI is InChI=1S/C11H15N3O2S3/c1-19(15,16)10-7-18-5-4-14(10)8-2-3-9(11(12)17)13-6-8/h2-3,6,10H,4-5,7H2,1H3,(H2,12,17). The Kier molecular flexibility index (Phi) is 4.32. The fraction of sp³-hybridized carbons (Fsp3) is 0.455. The first kappa shape index (κ1) is 14.5. The summed E-state index contributed by atoms with van der Waals surface area (Å²) in [4.78, 5) is 6.27. The van der Waals surface area contributed by atoms with Gasteiger partial charge in [-0.1, -0.05) is 12.2 Å². The minimum Gasteiger partial charge on any atom is -0.388 e. The summed E-state index contributed by atoms with van der Waals surface area (Å²) in [6.07, 6.45) is 2.90. The van der Waals surface area contributed by atoms with E-state index in [-0.39, 0.29) is 4.99 Å². The number of hydrogen-bond acceptors (Lipinski definition) is 6. The molecule has 0 aromatic carbocycles. The maximum absolute atomic E-state index is 11.8. The smallest absolute Gasteiger partial charge is 0.169 e. The van der Waals surface area contributed by atoms with Gasteiger partial charge in [0, 0.05) is 24.3 Å². The van der Waals surface area contributed by atoms with Gasteiger partial charge >= 0.3 is 0 Å². The van der Waals surface area contributed by atoms with Crippen molar-refractivity contribution in [3.63, 3.8) is 0 Å². The highest BCUT2D eigenvalue weighted by Crippen LogP contribution is 2.26. The van der Waals surface area contributed by atoms with Crippen LogP contribution in [0.15, 0.2) is 18.3 Å². The lowest BCUT2D eigenvalue weighted by Crippen LogP contribution is -2.47. The topological polar surface area (TPSA) is 76.3 Å². The molecule has 5 nitrogen and oxygen atoms in total. The number of rotatable bonds is 3. The van der Waals surface area contributed by atoms with Crippen molar-refractivity contribution in [2.75, 3.05) is 29.2 Å². The number of hydrogen-bond donors (Lipinski definition) is 1. The van der Waals surface area contributed by atoms with Crippen molar-refractivity contribution in [1.82, 2.24) is 4.98 Å². The molecule has 0 amide bonds. The SMILES string of the molecule is CS(=O)(=O)C1CSCCN1c1ccc(C(N)=S)nc1. The van der Waals surface area contributed by atoms with E-state index in [4.69, 9.17) is 18.0 Å². The molecule has 0 aliphatic carbocycles. The van der Waals surface area contributed by atoms with Crippen molar-refractivity contribution >= 4 is 44.5 Å². The molecule has 0 spiro atoms. The predicted molar refractivity (Wildman–Crippen MR) is 83.4 cm³/mol. The molecule has 1 aromatic rings. The van der Waals surface area contributed by atoms with Crippen LogP contribution in [0.4, 0.5) is 5.69 Å². The zero-order valence-electron chi connectivity index (χ0n) is 10.4. The average Bonchev–Trinajstić information content (AvgIpc) is 2.38. The van der Waals surface area contributed by atoms with Gasteiger partial charge in [0.2, 0.25) is 0 Å². The summed E-state index contributed by atoms with van der Waals surface area (Å²) in [5.41, 5.74) is 6.83. The Morgan fingerprint density at radius 1 is 1.58 bits per heavy atom. The average molecular weight is 317 g/mol. The van der Waals surface area contributed by atoms with E-state index in [2.05, 4.69) is 4.98 Å². The predicted octanol–water partition coefficient (Wildman–Crippen LogP) is 0.640. The van der Waals surface area contributed by atoms with Crippen molar-refractivity contribution in [2.24, 2.45) is 5.73 Å². The van der Waals surface area contributed by atoms with Crippen molar-refractivity contribution in [3.05, 3.63) is 24.0 Å². The second kappa shape index (κ2) is 5.64. The third kappa shape index (κ3) is 3.37. The molecular weight excluding hydrogens is 302 g/mol. The van der Waals surface area contributed by atoms with Crippen LogP contribution < -0.4 is 10.6 Å². The van der Waals surface area contributed by atoms with Crippen molar-refractivity contribution < 1.29 is 8.42 Å². The van der Waals surface area contributed by atoms with E-state index in [0.717, 1.165) is 11.4 Å². The highest BCUT2D eigenvalue weighted by atomic mass is 32.2. The van der Waals surface area contributed by atoms with Gasteiger partial charge in [0.05, 0.1) is 17.6 Å². The van der Waals surface area contributed by atoms with Gasteiger partial charge in [-0.2, -0.15) is 11.8 Å². The van der Waals surface area contributed by atoms with Crippen molar-refractivity contribution in [1.29, 1.82) is 0 Å². The number of nitrogens with two attached hydrogens (primary N) is 1. The van der Waals surface area contributed by atoms with Gasteiger partial charge in [-0.05, 0) is 12.1 Å². The van der Waals surface area contributed by atoms with E-state index in [1.807, 2.05) is 11.0 Å². The molecule has 19 heavy (non-hydrogen) atoms. The quantitative estimate of drug-likeness (QED) is 0.820. The first-order valence-corrected chi connectivity index (χ1v) is 9.20. The molecule has 1 saturated heterocycles. The Labute approximate surface area is 122 Å². The summed E-state index contributed by atoms with van der Waals surface area (Å²) in [6.45, 7) is 0.691. The van der Waals surface area contributed by atoms with Gasteiger partial charge in [0.25, 0.3) is 0 Å². The summed E-state index contributed by atoms with van der Waals surface area (Å²) in [5, 5.41) is -0.497. The Bertz CT molecular complexity index is 571.